The summed E-state index contributed by atoms with van der Waals surface area (Å²) in [7, 11) is 0. The smallest absolute Gasteiger partial charge is 0.252 e. The van der Waals surface area contributed by atoms with Crippen LogP contribution in [0.3, 0.4) is 0 Å². The second kappa shape index (κ2) is 6.34. The van der Waals surface area contributed by atoms with Gasteiger partial charge in [0.25, 0.3) is 5.91 Å². The maximum absolute atomic E-state index is 12.7. The Bertz CT molecular complexity index is 711. The number of rotatable bonds is 2. The predicted octanol–water partition coefficient (Wildman–Crippen LogP) is 3.03. The molecule has 116 valence electrons. The van der Waals surface area contributed by atoms with Crippen molar-refractivity contribution < 1.29 is 4.79 Å². The lowest BCUT2D eigenvalue weighted by Gasteiger charge is -2.30. The molecule has 1 amide bonds. The Morgan fingerprint density at radius 1 is 1.41 bits per heavy atom. The number of halogens is 1. The van der Waals surface area contributed by atoms with Gasteiger partial charge in [-0.15, -0.1) is 0 Å². The van der Waals surface area contributed by atoms with Crippen molar-refractivity contribution >= 4 is 32.7 Å². The van der Waals surface area contributed by atoms with Gasteiger partial charge in [-0.05, 0) is 50.6 Å². The monoisotopic (exact) mass is 361 g/mol. The highest BCUT2D eigenvalue weighted by molar-refractivity contribution is 9.10. The zero-order chi connectivity index (χ0) is 15.7. The van der Waals surface area contributed by atoms with Crippen molar-refractivity contribution in [2.75, 3.05) is 13.1 Å². The summed E-state index contributed by atoms with van der Waals surface area (Å²) in [5, 5.41) is 7.45. The first-order valence-electron chi connectivity index (χ1n) is 7.63. The van der Waals surface area contributed by atoms with Crippen LogP contribution in [0.25, 0.3) is 10.9 Å². The van der Waals surface area contributed by atoms with Crippen LogP contribution in [0.5, 0.6) is 0 Å². The molecule has 2 unspecified atom stereocenters. The molecule has 1 fully saturated rings. The van der Waals surface area contributed by atoms with Crippen molar-refractivity contribution in [2.24, 2.45) is 5.92 Å². The molecule has 1 saturated heterocycles. The summed E-state index contributed by atoms with van der Waals surface area (Å²) < 4.78 is 0.969. The fourth-order valence-electron chi connectivity index (χ4n) is 3.00. The van der Waals surface area contributed by atoms with E-state index in [1.165, 1.54) is 0 Å². The number of hydrogen-bond acceptors (Lipinski definition) is 3. The molecule has 0 aliphatic carbocycles. The van der Waals surface area contributed by atoms with Gasteiger partial charge >= 0.3 is 0 Å². The second-order valence-corrected chi connectivity index (χ2v) is 6.94. The number of pyridine rings is 1. The second-order valence-electron chi connectivity index (χ2n) is 6.02. The van der Waals surface area contributed by atoms with E-state index < -0.39 is 0 Å². The third-order valence-corrected chi connectivity index (χ3v) is 4.74. The Hall–Kier alpha value is -1.46. The summed E-state index contributed by atoms with van der Waals surface area (Å²) in [6, 6.07) is 7.95. The topological polar surface area (TPSA) is 54.0 Å². The summed E-state index contributed by atoms with van der Waals surface area (Å²) in [6.45, 7) is 6.00. The first-order valence-corrected chi connectivity index (χ1v) is 8.42. The van der Waals surface area contributed by atoms with Gasteiger partial charge in [-0.25, -0.2) is 0 Å². The van der Waals surface area contributed by atoms with Crippen LogP contribution < -0.4 is 10.6 Å². The summed E-state index contributed by atoms with van der Waals surface area (Å²) >= 11 is 3.46. The van der Waals surface area contributed by atoms with Crippen molar-refractivity contribution in [1.29, 1.82) is 0 Å². The van der Waals surface area contributed by atoms with E-state index in [2.05, 4.69) is 38.5 Å². The van der Waals surface area contributed by atoms with Gasteiger partial charge in [-0.2, -0.15) is 0 Å². The maximum atomic E-state index is 12.7. The van der Waals surface area contributed by atoms with Crippen LogP contribution in [0, 0.1) is 12.8 Å². The molecule has 0 bridgehead atoms. The van der Waals surface area contributed by atoms with E-state index in [0.29, 0.717) is 11.5 Å². The maximum Gasteiger partial charge on any atom is 0.252 e. The average molecular weight is 362 g/mol. The molecular weight excluding hydrogens is 342 g/mol. The molecule has 1 aromatic heterocycles. The van der Waals surface area contributed by atoms with Crippen LogP contribution in [0.1, 0.15) is 29.4 Å². The largest absolute Gasteiger partial charge is 0.349 e. The lowest BCUT2D eigenvalue weighted by atomic mass is 9.94. The lowest BCUT2D eigenvalue weighted by molar-refractivity contribution is 0.0916. The third-order valence-electron chi connectivity index (χ3n) is 4.25. The van der Waals surface area contributed by atoms with Crippen molar-refractivity contribution in [2.45, 2.75) is 26.3 Å². The molecule has 0 radical (unpaired) electrons. The van der Waals surface area contributed by atoms with E-state index >= 15 is 0 Å². The Morgan fingerprint density at radius 3 is 3.00 bits per heavy atom. The number of aromatic nitrogens is 1. The first kappa shape index (κ1) is 15.4. The molecule has 5 heteroatoms. The van der Waals surface area contributed by atoms with E-state index in [-0.39, 0.29) is 11.9 Å². The predicted molar refractivity (Wildman–Crippen MR) is 92.1 cm³/mol. The number of carbonyl (C=O) groups excluding carboxylic acids is 1. The molecule has 1 aliphatic heterocycles. The van der Waals surface area contributed by atoms with Crippen LogP contribution in [0.2, 0.25) is 0 Å². The highest BCUT2D eigenvalue weighted by atomic mass is 79.9. The number of benzene rings is 1. The zero-order valence-electron chi connectivity index (χ0n) is 12.8. The Morgan fingerprint density at radius 2 is 2.23 bits per heavy atom. The minimum Gasteiger partial charge on any atom is -0.349 e. The molecule has 2 aromatic rings. The number of piperidine rings is 1. The minimum absolute atomic E-state index is 0.00317. The average Bonchev–Trinajstić information content (AvgIpc) is 2.48. The van der Waals surface area contributed by atoms with Crippen LogP contribution >= 0.6 is 15.9 Å². The summed E-state index contributed by atoms with van der Waals surface area (Å²) in [4.78, 5) is 17.3. The molecule has 2 heterocycles. The van der Waals surface area contributed by atoms with E-state index in [4.69, 9.17) is 0 Å². The number of nitrogens with zero attached hydrogens (tertiary/aromatic N) is 1. The molecule has 0 spiro atoms. The summed E-state index contributed by atoms with van der Waals surface area (Å²) in [5.74, 6) is 0.442. The highest BCUT2D eigenvalue weighted by Crippen LogP contribution is 2.23. The normalized spacial score (nSPS) is 21.8. The molecule has 1 aromatic carbocycles. The number of fused-ring (bicyclic) bond motifs is 1. The van der Waals surface area contributed by atoms with Crippen molar-refractivity contribution in [3.8, 4) is 0 Å². The summed E-state index contributed by atoms with van der Waals surface area (Å²) in [6.07, 6.45) is 0.973. The summed E-state index contributed by atoms with van der Waals surface area (Å²) in [5.41, 5.74) is 2.41. The van der Waals surface area contributed by atoms with Gasteiger partial charge in [-0.1, -0.05) is 28.9 Å². The number of aryl methyl sites for hydroxylation is 1. The number of carbonyl (C=O) groups is 1. The fraction of sp³-hybridized carbons (Fsp3) is 0.412. The standard InChI is InChI=1S/C17H20BrN3O/c1-10-9-19-6-5-15(10)21-17(22)14-7-11(2)20-16-8-12(18)3-4-13(14)16/h3-4,7-8,10,15,19H,5-6,9H2,1-2H3,(H,21,22). The van der Waals surface area contributed by atoms with E-state index in [0.717, 1.165) is 40.6 Å². The Balaban J connectivity index is 1.93. The molecule has 22 heavy (non-hydrogen) atoms. The molecule has 3 rings (SSSR count). The third kappa shape index (κ3) is 3.15. The van der Waals surface area contributed by atoms with Crippen molar-refractivity contribution in [3.63, 3.8) is 0 Å². The Kier molecular flexibility index (Phi) is 4.45. The van der Waals surface area contributed by atoms with E-state index in [9.17, 15) is 4.79 Å². The lowest BCUT2D eigenvalue weighted by Crippen LogP contribution is -2.48. The van der Waals surface area contributed by atoms with Crippen LogP contribution in [0.4, 0.5) is 0 Å². The van der Waals surface area contributed by atoms with Gasteiger partial charge < -0.3 is 10.6 Å². The first-order chi connectivity index (χ1) is 10.5. The molecular formula is C17H20BrN3O. The number of hydrogen-bond donors (Lipinski definition) is 2. The highest BCUT2D eigenvalue weighted by Gasteiger charge is 2.24. The van der Waals surface area contributed by atoms with Gasteiger partial charge in [0, 0.05) is 21.6 Å². The van der Waals surface area contributed by atoms with Gasteiger partial charge in [0.2, 0.25) is 0 Å². The number of amides is 1. The van der Waals surface area contributed by atoms with E-state index in [1.54, 1.807) is 0 Å². The van der Waals surface area contributed by atoms with Crippen molar-refractivity contribution in [1.82, 2.24) is 15.6 Å². The Labute approximate surface area is 138 Å². The van der Waals surface area contributed by atoms with Crippen LogP contribution in [-0.4, -0.2) is 30.0 Å². The molecule has 1 aliphatic rings. The fourth-order valence-corrected chi connectivity index (χ4v) is 3.35. The molecule has 4 nitrogen and oxygen atoms in total. The number of nitrogens with one attached hydrogen (secondary N) is 2. The molecule has 0 saturated carbocycles. The van der Waals surface area contributed by atoms with Crippen molar-refractivity contribution in [3.05, 3.63) is 40.0 Å². The van der Waals surface area contributed by atoms with Gasteiger partial charge in [0.05, 0.1) is 11.1 Å². The van der Waals surface area contributed by atoms with E-state index in [1.807, 2.05) is 31.2 Å². The van der Waals surface area contributed by atoms with Gasteiger partial charge in [0.1, 0.15) is 0 Å². The van der Waals surface area contributed by atoms with Gasteiger partial charge in [0.15, 0.2) is 0 Å². The van der Waals surface area contributed by atoms with Crippen LogP contribution in [-0.2, 0) is 0 Å². The zero-order valence-corrected chi connectivity index (χ0v) is 14.4. The minimum atomic E-state index is -0.00317. The van der Waals surface area contributed by atoms with Gasteiger partial charge in [-0.3, -0.25) is 9.78 Å². The SMILES string of the molecule is Cc1cc(C(=O)NC2CCNCC2C)c2ccc(Br)cc2n1. The molecule has 2 atom stereocenters. The molecule has 2 N–H and O–H groups in total. The van der Waals surface area contributed by atoms with Crippen LogP contribution in [0.15, 0.2) is 28.7 Å². The quantitative estimate of drug-likeness (QED) is 0.864.